The zero-order chi connectivity index (χ0) is 11.9. The summed E-state index contributed by atoms with van der Waals surface area (Å²) in [5.74, 6) is -1.44. The van der Waals surface area contributed by atoms with Crippen molar-refractivity contribution in [3.63, 3.8) is 0 Å². The Morgan fingerprint density at radius 3 is 2.20 bits per heavy atom. The molecule has 0 aliphatic rings. The molecule has 0 unspecified atom stereocenters. The number of hydrogen-bond acceptors (Lipinski definition) is 4. The minimum Gasteiger partial charge on any atom is -0.236 e. The summed E-state index contributed by atoms with van der Waals surface area (Å²) < 4.78 is 59.3. The van der Waals surface area contributed by atoms with E-state index in [0.29, 0.717) is 4.68 Å². The number of aromatic nitrogens is 3. The molecule has 9 heteroatoms. The Balaban J connectivity index is 3.37. The molecule has 0 radical (unpaired) electrons. The second kappa shape index (κ2) is 3.47. The van der Waals surface area contributed by atoms with Crippen LogP contribution in [0.5, 0.6) is 0 Å². The SMILES string of the molecule is CCn1nc(C(F)(F)F)nc1S(C)(=O)=O. The first-order valence-corrected chi connectivity index (χ1v) is 5.77. The van der Waals surface area contributed by atoms with Crippen molar-refractivity contribution >= 4 is 9.84 Å². The lowest BCUT2D eigenvalue weighted by atomic mass is 10.6. The summed E-state index contributed by atoms with van der Waals surface area (Å²) in [6.45, 7) is 1.48. The molecule has 0 atom stereocenters. The Kier molecular flexibility index (Phi) is 2.77. The number of halogens is 3. The molecule has 1 aromatic heterocycles. The lowest BCUT2D eigenvalue weighted by Gasteiger charge is -1.98. The predicted molar refractivity (Wildman–Crippen MR) is 43.8 cm³/mol. The van der Waals surface area contributed by atoms with Crippen LogP contribution < -0.4 is 0 Å². The highest BCUT2D eigenvalue weighted by Crippen LogP contribution is 2.27. The van der Waals surface area contributed by atoms with Gasteiger partial charge in [-0.05, 0) is 6.92 Å². The van der Waals surface area contributed by atoms with Gasteiger partial charge in [0.2, 0.25) is 15.0 Å². The highest BCUT2D eigenvalue weighted by Gasteiger charge is 2.38. The Labute approximate surface area is 83.8 Å². The summed E-state index contributed by atoms with van der Waals surface area (Å²) in [6.07, 6.45) is -3.96. The molecule has 0 amide bonds. The van der Waals surface area contributed by atoms with Gasteiger partial charge in [-0.15, -0.1) is 5.10 Å². The Bertz CT molecular complexity index is 462. The van der Waals surface area contributed by atoms with Gasteiger partial charge < -0.3 is 0 Å². The van der Waals surface area contributed by atoms with Gasteiger partial charge in [0.25, 0.3) is 5.82 Å². The van der Waals surface area contributed by atoms with Crippen molar-refractivity contribution in [3.05, 3.63) is 5.82 Å². The third-order valence-corrected chi connectivity index (χ3v) is 2.49. The van der Waals surface area contributed by atoms with E-state index < -0.39 is 27.0 Å². The summed E-state index contributed by atoms with van der Waals surface area (Å²) >= 11 is 0. The molecule has 1 heterocycles. The van der Waals surface area contributed by atoms with E-state index in [9.17, 15) is 21.6 Å². The van der Waals surface area contributed by atoms with E-state index in [0.717, 1.165) is 6.26 Å². The largest absolute Gasteiger partial charge is 0.453 e. The van der Waals surface area contributed by atoms with Crippen molar-refractivity contribution in [3.8, 4) is 0 Å². The molecule has 0 aromatic carbocycles. The number of aryl methyl sites for hydroxylation is 1. The molecule has 0 fully saturated rings. The monoisotopic (exact) mass is 243 g/mol. The molecule has 0 bridgehead atoms. The number of hydrogen-bond donors (Lipinski definition) is 0. The summed E-state index contributed by atoms with van der Waals surface area (Å²) in [6, 6.07) is 0. The smallest absolute Gasteiger partial charge is 0.236 e. The standard InChI is InChI=1S/C6H8F3N3O2S/c1-3-12-5(15(2,13)14)10-4(11-12)6(7,8)9/h3H2,1-2H3. The van der Waals surface area contributed by atoms with E-state index in [4.69, 9.17) is 0 Å². The van der Waals surface area contributed by atoms with Gasteiger partial charge in [-0.3, -0.25) is 0 Å². The van der Waals surface area contributed by atoms with Crippen LogP contribution >= 0.6 is 0 Å². The normalized spacial score (nSPS) is 13.1. The average Bonchev–Trinajstić information content (AvgIpc) is 2.44. The molecule has 0 N–H and O–H groups in total. The second-order valence-corrected chi connectivity index (χ2v) is 4.71. The summed E-state index contributed by atoms with van der Waals surface area (Å²) in [4.78, 5) is 2.96. The zero-order valence-electron chi connectivity index (χ0n) is 7.91. The molecule has 86 valence electrons. The highest BCUT2D eigenvalue weighted by atomic mass is 32.2. The lowest BCUT2D eigenvalue weighted by molar-refractivity contribution is -0.145. The molecule has 15 heavy (non-hydrogen) atoms. The third-order valence-electron chi connectivity index (χ3n) is 1.52. The van der Waals surface area contributed by atoms with Crippen LogP contribution in [0.15, 0.2) is 5.16 Å². The van der Waals surface area contributed by atoms with Gasteiger partial charge in [-0.2, -0.15) is 18.2 Å². The van der Waals surface area contributed by atoms with Crippen LogP contribution in [0.1, 0.15) is 12.7 Å². The maximum absolute atomic E-state index is 12.2. The quantitative estimate of drug-likeness (QED) is 0.767. The van der Waals surface area contributed by atoms with Crippen molar-refractivity contribution in [1.82, 2.24) is 14.8 Å². The average molecular weight is 243 g/mol. The fraction of sp³-hybridized carbons (Fsp3) is 0.667. The van der Waals surface area contributed by atoms with Crippen LogP contribution in [0.4, 0.5) is 13.2 Å². The van der Waals surface area contributed by atoms with Gasteiger partial charge >= 0.3 is 6.18 Å². The second-order valence-electron chi connectivity index (χ2n) is 2.80. The van der Waals surface area contributed by atoms with Gasteiger partial charge in [0.05, 0.1) is 0 Å². The molecule has 0 spiro atoms. The van der Waals surface area contributed by atoms with Crippen molar-refractivity contribution < 1.29 is 21.6 Å². The molecule has 0 saturated heterocycles. The van der Waals surface area contributed by atoms with E-state index in [-0.39, 0.29) is 6.54 Å². The van der Waals surface area contributed by atoms with Gasteiger partial charge in [0.1, 0.15) is 0 Å². The fourth-order valence-corrected chi connectivity index (χ4v) is 1.73. The van der Waals surface area contributed by atoms with Gasteiger partial charge in [0, 0.05) is 12.8 Å². The van der Waals surface area contributed by atoms with E-state index >= 15 is 0 Å². The zero-order valence-corrected chi connectivity index (χ0v) is 8.72. The number of alkyl halides is 3. The van der Waals surface area contributed by atoms with Crippen molar-refractivity contribution in [2.75, 3.05) is 6.26 Å². The molecule has 1 aromatic rings. The van der Waals surface area contributed by atoms with Crippen LogP contribution in [-0.2, 0) is 22.6 Å². The molecule has 0 saturated carbocycles. The first kappa shape index (κ1) is 12.0. The van der Waals surface area contributed by atoms with Crippen LogP contribution in [0.2, 0.25) is 0 Å². The fourth-order valence-electron chi connectivity index (χ4n) is 0.928. The number of rotatable bonds is 2. The van der Waals surface area contributed by atoms with Crippen molar-refractivity contribution in [2.24, 2.45) is 0 Å². The maximum atomic E-state index is 12.2. The van der Waals surface area contributed by atoms with Crippen LogP contribution in [-0.4, -0.2) is 29.4 Å². The summed E-state index contributed by atoms with van der Waals surface area (Å²) in [5, 5.41) is 2.40. The Morgan fingerprint density at radius 2 is 1.93 bits per heavy atom. The third kappa shape index (κ3) is 2.46. The van der Waals surface area contributed by atoms with Gasteiger partial charge in [-0.25, -0.2) is 13.1 Å². The first-order chi connectivity index (χ1) is 6.66. The predicted octanol–water partition coefficient (Wildman–Crippen LogP) is 0.720. The van der Waals surface area contributed by atoms with Crippen LogP contribution in [0.3, 0.4) is 0 Å². The summed E-state index contributed by atoms with van der Waals surface area (Å²) in [7, 11) is -3.80. The van der Waals surface area contributed by atoms with Crippen molar-refractivity contribution in [2.45, 2.75) is 24.8 Å². The molecular weight excluding hydrogens is 235 g/mol. The molecule has 0 aliphatic heterocycles. The van der Waals surface area contributed by atoms with Crippen LogP contribution in [0, 0.1) is 0 Å². The Hall–Kier alpha value is -1.12. The van der Waals surface area contributed by atoms with E-state index in [1.807, 2.05) is 0 Å². The number of sulfone groups is 1. The van der Waals surface area contributed by atoms with Crippen molar-refractivity contribution in [1.29, 1.82) is 0 Å². The topological polar surface area (TPSA) is 64.8 Å². The molecule has 5 nitrogen and oxygen atoms in total. The lowest BCUT2D eigenvalue weighted by Crippen LogP contribution is -2.09. The van der Waals surface area contributed by atoms with E-state index in [2.05, 4.69) is 10.1 Å². The minimum absolute atomic E-state index is 0.00544. The van der Waals surface area contributed by atoms with E-state index in [1.54, 1.807) is 0 Å². The number of nitrogens with zero attached hydrogens (tertiary/aromatic N) is 3. The summed E-state index contributed by atoms with van der Waals surface area (Å²) in [5.41, 5.74) is 0. The molecule has 0 aliphatic carbocycles. The molecular formula is C6H8F3N3O2S. The maximum Gasteiger partial charge on any atom is 0.453 e. The Morgan fingerprint density at radius 1 is 1.40 bits per heavy atom. The first-order valence-electron chi connectivity index (χ1n) is 3.88. The molecule has 1 rings (SSSR count). The van der Waals surface area contributed by atoms with Gasteiger partial charge in [0.15, 0.2) is 0 Å². The minimum atomic E-state index is -4.74. The highest BCUT2D eigenvalue weighted by molar-refractivity contribution is 7.90. The van der Waals surface area contributed by atoms with E-state index in [1.165, 1.54) is 6.92 Å². The van der Waals surface area contributed by atoms with Crippen LogP contribution in [0.25, 0.3) is 0 Å². The van der Waals surface area contributed by atoms with Gasteiger partial charge in [-0.1, -0.05) is 0 Å².